The average Bonchev–Trinajstić information content (AvgIpc) is 2.28. The summed E-state index contributed by atoms with van der Waals surface area (Å²) in [7, 11) is 0. The lowest BCUT2D eigenvalue weighted by Gasteiger charge is -2.48. The van der Waals surface area contributed by atoms with Crippen molar-refractivity contribution in [3.05, 3.63) is 0 Å². The van der Waals surface area contributed by atoms with Gasteiger partial charge in [0.1, 0.15) is 0 Å². The average molecular weight is 239 g/mol. The smallest absolute Gasteiger partial charge is 0.219 e. The number of nitrogens with zero attached hydrogens (tertiary/aromatic N) is 2. The van der Waals surface area contributed by atoms with Crippen molar-refractivity contribution in [3.63, 3.8) is 0 Å². The normalized spacial score (nSPS) is 30.3. The Kier molecular flexibility index (Phi) is 3.73. The molecule has 2 heterocycles. The molecule has 0 saturated carbocycles. The third-order valence-electron chi connectivity index (χ3n) is 4.39. The molecule has 17 heavy (non-hydrogen) atoms. The van der Waals surface area contributed by atoms with Crippen LogP contribution in [0.3, 0.4) is 0 Å². The molecule has 1 unspecified atom stereocenters. The van der Waals surface area contributed by atoms with Crippen molar-refractivity contribution in [2.75, 3.05) is 39.3 Å². The molecule has 4 heteroatoms. The minimum Gasteiger partial charge on any atom is -0.340 e. The van der Waals surface area contributed by atoms with Crippen LogP contribution in [0.1, 0.15) is 27.2 Å². The van der Waals surface area contributed by atoms with Crippen molar-refractivity contribution in [2.24, 2.45) is 5.41 Å². The highest BCUT2D eigenvalue weighted by atomic mass is 16.2. The molecule has 2 aliphatic rings. The van der Waals surface area contributed by atoms with Crippen LogP contribution >= 0.6 is 0 Å². The van der Waals surface area contributed by atoms with Crippen LogP contribution in [0.5, 0.6) is 0 Å². The number of hydrogen-bond acceptors (Lipinski definition) is 3. The second kappa shape index (κ2) is 4.94. The largest absolute Gasteiger partial charge is 0.340 e. The summed E-state index contributed by atoms with van der Waals surface area (Å²) in [6.07, 6.45) is 1.24. The SMILES string of the molecule is CC(=O)N1CCN(C2CNCCC2(C)C)CC1. The van der Waals surface area contributed by atoms with Gasteiger partial charge in [0.2, 0.25) is 5.91 Å². The van der Waals surface area contributed by atoms with Crippen molar-refractivity contribution in [2.45, 2.75) is 33.2 Å². The molecule has 2 saturated heterocycles. The fourth-order valence-corrected chi connectivity index (χ4v) is 3.06. The number of nitrogens with one attached hydrogen (secondary N) is 1. The molecule has 0 bridgehead atoms. The summed E-state index contributed by atoms with van der Waals surface area (Å²) >= 11 is 0. The summed E-state index contributed by atoms with van der Waals surface area (Å²) < 4.78 is 0. The van der Waals surface area contributed by atoms with Crippen molar-refractivity contribution >= 4 is 5.91 Å². The first-order valence-electron chi connectivity index (χ1n) is 6.71. The Morgan fingerprint density at radius 1 is 1.24 bits per heavy atom. The Morgan fingerprint density at radius 3 is 2.41 bits per heavy atom. The molecular formula is C13H25N3O. The van der Waals surface area contributed by atoms with Crippen molar-refractivity contribution in [1.29, 1.82) is 0 Å². The van der Waals surface area contributed by atoms with Gasteiger partial charge in [-0.15, -0.1) is 0 Å². The van der Waals surface area contributed by atoms with Gasteiger partial charge in [0.05, 0.1) is 0 Å². The molecule has 0 aromatic carbocycles. The maximum absolute atomic E-state index is 11.3. The maximum Gasteiger partial charge on any atom is 0.219 e. The van der Waals surface area contributed by atoms with Gasteiger partial charge in [-0.2, -0.15) is 0 Å². The minimum absolute atomic E-state index is 0.214. The zero-order chi connectivity index (χ0) is 12.5. The molecule has 2 fully saturated rings. The van der Waals surface area contributed by atoms with E-state index in [0.717, 1.165) is 39.3 Å². The van der Waals surface area contributed by atoms with E-state index in [1.54, 1.807) is 6.92 Å². The molecule has 0 aromatic heterocycles. The number of piperidine rings is 1. The predicted molar refractivity (Wildman–Crippen MR) is 68.9 cm³/mol. The Labute approximate surface area is 104 Å². The molecule has 98 valence electrons. The van der Waals surface area contributed by atoms with Crippen LogP contribution in [-0.4, -0.2) is 61.0 Å². The van der Waals surface area contributed by atoms with Crippen molar-refractivity contribution in [1.82, 2.24) is 15.1 Å². The Bertz CT molecular complexity index is 282. The zero-order valence-corrected chi connectivity index (χ0v) is 11.3. The van der Waals surface area contributed by atoms with E-state index >= 15 is 0 Å². The van der Waals surface area contributed by atoms with E-state index in [9.17, 15) is 4.79 Å². The van der Waals surface area contributed by atoms with E-state index in [1.807, 2.05) is 4.90 Å². The summed E-state index contributed by atoms with van der Waals surface area (Å²) in [6, 6.07) is 0.616. The minimum atomic E-state index is 0.214. The van der Waals surface area contributed by atoms with E-state index in [4.69, 9.17) is 0 Å². The monoisotopic (exact) mass is 239 g/mol. The van der Waals surface area contributed by atoms with Crippen LogP contribution in [0.2, 0.25) is 0 Å². The molecule has 1 atom stereocenters. The number of rotatable bonds is 1. The van der Waals surface area contributed by atoms with Crippen molar-refractivity contribution in [3.8, 4) is 0 Å². The van der Waals surface area contributed by atoms with Crippen LogP contribution < -0.4 is 5.32 Å². The summed E-state index contributed by atoms with van der Waals surface area (Å²) in [5.74, 6) is 0.214. The van der Waals surface area contributed by atoms with Crippen LogP contribution in [0.15, 0.2) is 0 Å². The summed E-state index contributed by atoms with van der Waals surface area (Å²) in [5, 5.41) is 3.50. The van der Waals surface area contributed by atoms with E-state index in [0.29, 0.717) is 11.5 Å². The number of piperazine rings is 1. The highest BCUT2D eigenvalue weighted by Crippen LogP contribution is 2.31. The zero-order valence-electron chi connectivity index (χ0n) is 11.3. The Balaban J connectivity index is 1.93. The summed E-state index contributed by atoms with van der Waals surface area (Å²) in [6.45, 7) is 12.5. The molecule has 0 radical (unpaired) electrons. The molecule has 0 spiro atoms. The molecule has 2 rings (SSSR count). The topological polar surface area (TPSA) is 35.6 Å². The quantitative estimate of drug-likeness (QED) is 0.725. The van der Waals surface area contributed by atoms with Gasteiger partial charge in [-0.1, -0.05) is 13.8 Å². The van der Waals surface area contributed by atoms with Gasteiger partial charge in [-0.25, -0.2) is 0 Å². The second-order valence-corrected chi connectivity index (χ2v) is 6.00. The first kappa shape index (κ1) is 12.8. The summed E-state index contributed by atoms with van der Waals surface area (Å²) in [5.41, 5.74) is 0.393. The number of carbonyl (C=O) groups is 1. The fraction of sp³-hybridized carbons (Fsp3) is 0.923. The number of carbonyl (C=O) groups excluding carboxylic acids is 1. The third-order valence-corrected chi connectivity index (χ3v) is 4.39. The third kappa shape index (κ3) is 2.80. The van der Waals surface area contributed by atoms with Gasteiger partial charge in [-0.3, -0.25) is 9.69 Å². The molecule has 0 aliphatic carbocycles. The van der Waals surface area contributed by atoms with Crippen LogP contribution in [0.4, 0.5) is 0 Å². The van der Waals surface area contributed by atoms with Gasteiger partial charge in [0, 0.05) is 45.7 Å². The van der Waals surface area contributed by atoms with E-state index in [2.05, 4.69) is 24.1 Å². The Morgan fingerprint density at radius 2 is 1.88 bits per heavy atom. The lowest BCUT2D eigenvalue weighted by atomic mass is 9.77. The maximum atomic E-state index is 11.3. The lowest BCUT2D eigenvalue weighted by Crippen LogP contribution is -2.60. The van der Waals surface area contributed by atoms with E-state index in [-0.39, 0.29) is 5.91 Å². The first-order chi connectivity index (χ1) is 8.00. The van der Waals surface area contributed by atoms with Crippen LogP contribution in [-0.2, 0) is 4.79 Å². The van der Waals surface area contributed by atoms with Gasteiger partial charge in [0.15, 0.2) is 0 Å². The molecule has 1 N–H and O–H groups in total. The van der Waals surface area contributed by atoms with E-state index in [1.165, 1.54) is 6.42 Å². The van der Waals surface area contributed by atoms with Crippen molar-refractivity contribution < 1.29 is 4.79 Å². The number of amides is 1. The molecule has 1 amide bonds. The number of hydrogen-bond donors (Lipinski definition) is 1. The molecule has 4 nitrogen and oxygen atoms in total. The molecule has 2 aliphatic heterocycles. The standard InChI is InChI=1S/C13H25N3O/c1-11(17)15-6-8-16(9-7-15)12-10-14-5-4-13(12,2)3/h12,14H,4-10H2,1-3H3. The van der Waals surface area contributed by atoms with Gasteiger partial charge >= 0.3 is 0 Å². The highest BCUT2D eigenvalue weighted by Gasteiger charge is 2.37. The lowest BCUT2D eigenvalue weighted by molar-refractivity contribution is -0.131. The molecule has 0 aromatic rings. The van der Waals surface area contributed by atoms with Gasteiger partial charge in [-0.05, 0) is 18.4 Å². The van der Waals surface area contributed by atoms with Gasteiger partial charge < -0.3 is 10.2 Å². The highest BCUT2D eigenvalue weighted by molar-refractivity contribution is 5.73. The van der Waals surface area contributed by atoms with E-state index < -0.39 is 0 Å². The van der Waals surface area contributed by atoms with Crippen LogP contribution in [0.25, 0.3) is 0 Å². The van der Waals surface area contributed by atoms with Gasteiger partial charge in [0.25, 0.3) is 0 Å². The molecular weight excluding hydrogens is 214 g/mol. The fourth-order valence-electron chi connectivity index (χ4n) is 3.06. The predicted octanol–water partition coefficient (Wildman–Crippen LogP) is 0.539. The van der Waals surface area contributed by atoms with Crippen LogP contribution in [0, 0.1) is 5.41 Å². The Hall–Kier alpha value is -0.610. The summed E-state index contributed by atoms with van der Waals surface area (Å²) in [4.78, 5) is 15.8. The first-order valence-corrected chi connectivity index (χ1v) is 6.71. The second-order valence-electron chi connectivity index (χ2n) is 6.00.